The third-order valence-corrected chi connectivity index (χ3v) is 1.95. The zero-order valence-electron chi connectivity index (χ0n) is 5.53. The first-order valence-electron chi connectivity index (χ1n) is 2.63. The van der Waals surface area contributed by atoms with Crippen LogP contribution >= 0.6 is 0 Å². The van der Waals surface area contributed by atoms with E-state index in [2.05, 4.69) is 0 Å². The second-order valence-corrected chi connectivity index (χ2v) is 3.25. The zero-order valence-corrected chi connectivity index (χ0v) is 6.35. The Hall–Kier alpha value is -0.570. The van der Waals surface area contributed by atoms with Crippen molar-refractivity contribution in [1.29, 1.82) is 0 Å². The molecule has 9 heavy (non-hydrogen) atoms. The maximum Gasteiger partial charge on any atom is 0.192 e. The van der Waals surface area contributed by atoms with Crippen molar-refractivity contribution >= 4 is 9.84 Å². The normalized spacial score (nSPS) is 13.6. The summed E-state index contributed by atoms with van der Waals surface area (Å²) in [5, 5.41) is 2.32. The first-order valence-corrected chi connectivity index (χ1v) is 4.24. The molecule has 0 saturated carbocycles. The molecule has 0 bridgehead atoms. The fourth-order valence-electron chi connectivity index (χ4n) is 0.425. The Morgan fingerprint density at radius 3 is 1.56 bits per heavy atom. The molecule has 3 heteroatoms. The van der Waals surface area contributed by atoms with Crippen LogP contribution in [0, 0.1) is 0 Å². The van der Waals surface area contributed by atoms with Crippen molar-refractivity contribution in [2.75, 3.05) is 0 Å². The molecule has 2 nitrogen and oxygen atoms in total. The van der Waals surface area contributed by atoms with Crippen molar-refractivity contribution in [2.24, 2.45) is 0 Å². The molecule has 0 spiro atoms. The Balaban J connectivity index is 4.42. The quantitative estimate of drug-likeness (QED) is 0.591. The summed E-state index contributed by atoms with van der Waals surface area (Å²) in [6, 6.07) is 0. The summed E-state index contributed by atoms with van der Waals surface area (Å²) < 4.78 is 21.3. The minimum atomic E-state index is -3.04. The molecule has 0 atom stereocenters. The van der Waals surface area contributed by atoms with Crippen molar-refractivity contribution in [3.05, 3.63) is 23.0 Å². The highest BCUT2D eigenvalue weighted by atomic mass is 32.2. The minimum absolute atomic E-state index is 1.16. The zero-order chi connectivity index (χ0) is 7.33. The Morgan fingerprint density at radius 2 is 1.33 bits per heavy atom. The highest BCUT2D eigenvalue weighted by Crippen LogP contribution is 1.93. The smallest absolute Gasteiger partial charge is 0.192 e. The van der Waals surface area contributed by atoms with Crippen molar-refractivity contribution < 1.29 is 8.42 Å². The van der Waals surface area contributed by atoms with Gasteiger partial charge in [-0.15, -0.1) is 0 Å². The van der Waals surface area contributed by atoms with Gasteiger partial charge in [-0.1, -0.05) is 12.2 Å². The Bertz CT molecular complexity index is 191. The lowest BCUT2D eigenvalue weighted by atomic mass is 10.8. The van der Waals surface area contributed by atoms with E-state index >= 15 is 0 Å². The molecule has 0 fully saturated rings. The average molecular weight is 146 g/mol. The lowest BCUT2D eigenvalue weighted by Crippen LogP contribution is -1.85. The molecular weight excluding hydrogens is 136 g/mol. The van der Waals surface area contributed by atoms with Gasteiger partial charge in [-0.05, 0) is 13.8 Å². The molecule has 0 saturated heterocycles. The first kappa shape index (κ1) is 8.43. The molecule has 0 radical (unpaired) electrons. The second kappa shape index (κ2) is 3.45. The minimum Gasteiger partial charge on any atom is -0.220 e. The van der Waals surface area contributed by atoms with Crippen LogP contribution in [0.25, 0.3) is 0 Å². The first-order chi connectivity index (χ1) is 4.12. The second-order valence-electron chi connectivity index (χ2n) is 1.53. The van der Waals surface area contributed by atoms with Gasteiger partial charge in [-0.25, -0.2) is 8.42 Å². The van der Waals surface area contributed by atoms with Gasteiger partial charge < -0.3 is 0 Å². The lowest BCUT2D eigenvalue weighted by molar-refractivity contribution is 0.612. The van der Waals surface area contributed by atoms with Crippen LogP contribution in [-0.4, -0.2) is 8.42 Å². The Labute approximate surface area is 55.8 Å². The topological polar surface area (TPSA) is 34.1 Å². The van der Waals surface area contributed by atoms with Crippen LogP contribution in [0.3, 0.4) is 0 Å². The van der Waals surface area contributed by atoms with Gasteiger partial charge in [0.25, 0.3) is 0 Å². The molecule has 0 aromatic carbocycles. The van der Waals surface area contributed by atoms with E-state index in [1.165, 1.54) is 12.2 Å². The fourth-order valence-corrected chi connectivity index (χ4v) is 1.27. The molecule has 0 aliphatic carbocycles. The van der Waals surface area contributed by atoms with Crippen molar-refractivity contribution in [2.45, 2.75) is 13.8 Å². The standard InChI is InChI=1S/C6H10O2S/c1-3-5-9(7,8)6-4-2/h3-6H,1-2H3. The molecule has 0 aromatic rings. The van der Waals surface area contributed by atoms with Gasteiger partial charge in [0.15, 0.2) is 9.84 Å². The molecule has 0 N–H and O–H groups in total. The van der Waals surface area contributed by atoms with Gasteiger partial charge in [-0.3, -0.25) is 0 Å². The number of sulfone groups is 1. The van der Waals surface area contributed by atoms with Gasteiger partial charge in [0.2, 0.25) is 0 Å². The number of hydrogen-bond acceptors (Lipinski definition) is 2. The van der Waals surface area contributed by atoms with Crippen LogP contribution in [0.15, 0.2) is 23.0 Å². The monoisotopic (exact) mass is 146 g/mol. The molecule has 52 valence electrons. The van der Waals surface area contributed by atoms with Crippen LogP contribution in [0.4, 0.5) is 0 Å². The summed E-state index contributed by atoms with van der Waals surface area (Å²) >= 11 is 0. The molecule has 0 aromatic heterocycles. The number of hydrogen-bond donors (Lipinski definition) is 0. The number of allylic oxidation sites excluding steroid dienone is 2. The van der Waals surface area contributed by atoms with E-state index in [1.807, 2.05) is 0 Å². The summed E-state index contributed by atoms with van der Waals surface area (Å²) in [7, 11) is -3.04. The van der Waals surface area contributed by atoms with E-state index in [0.29, 0.717) is 0 Å². The maximum absolute atomic E-state index is 10.7. The summed E-state index contributed by atoms with van der Waals surface area (Å²) in [6.45, 7) is 3.34. The SMILES string of the molecule is CC=CS(=O)(=O)C=CC. The average Bonchev–Trinajstić information content (AvgIpc) is 1.64. The highest BCUT2D eigenvalue weighted by molar-refractivity contribution is 7.97. The van der Waals surface area contributed by atoms with Gasteiger partial charge >= 0.3 is 0 Å². The third kappa shape index (κ3) is 3.97. The predicted molar refractivity (Wildman–Crippen MR) is 38.5 cm³/mol. The Kier molecular flexibility index (Phi) is 3.24. The predicted octanol–water partition coefficient (Wildman–Crippen LogP) is 1.47. The molecule has 0 amide bonds. The fraction of sp³-hybridized carbons (Fsp3) is 0.333. The molecular formula is C6H10O2S. The molecule has 0 unspecified atom stereocenters. The van der Waals surface area contributed by atoms with Crippen LogP contribution < -0.4 is 0 Å². The number of rotatable bonds is 2. The van der Waals surface area contributed by atoms with E-state index in [1.54, 1.807) is 13.8 Å². The third-order valence-electron chi connectivity index (χ3n) is 0.652. The largest absolute Gasteiger partial charge is 0.220 e. The van der Waals surface area contributed by atoms with Crippen molar-refractivity contribution in [1.82, 2.24) is 0 Å². The summed E-state index contributed by atoms with van der Waals surface area (Å²) in [6.07, 6.45) is 2.99. The Morgan fingerprint density at radius 1 is 1.00 bits per heavy atom. The van der Waals surface area contributed by atoms with E-state index in [0.717, 1.165) is 10.8 Å². The lowest BCUT2D eigenvalue weighted by Gasteiger charge is -1.82. The van der Waals surface area contributed by atoms with Gasteiger partial charge in [0.1, 0.15) is 0 Å². The molecule has 0 heterocycles. The summed E-state index contributed by atoms with van der Waals surface area (Å²) in [5.74, 6) is 0. The van der Waals surface area contributed by atoms with Gasteiger partial charge in [-0.2, -0.15) is 0 Å². The van der Waals surface area contributed by atoms with Gasteiger partial charge in [0, 0.05) is 10.8 Å². The van der Waals surface area contributed by atoms with Crippen molar-refractivity contribution in [3.8, 4) is 0 Å². The maximum atomic E-state index is 10.7. The van der Waals surface area contributed by atoms with Gasteiger partial charge in [0.05, 0.1) is 0 Å². The van der Waals surface area contributed by atoms with E-state index in [-0.39, 0.29) is 0 Å². The van der Waals surface area contributed by atoms with E-state index in [9.17, 15) is 8.42 Å². The van der Waals surface area contributed by atoms with Crippen LogP contribution in [-0.2, 0) is 9.84 Å². The van der Waals surface area contributed by atoms with Crippen molar-refractivity contribution in [3.63, 3.8) is 0 Å². The summed E-state index contributed by atoms with van der Waals surface area (Å²) in [4.78, 5) is 0. The molecule has 0 aliphatic rings. The summed E-state index contributed by atoms with van der Waals surface area (Å²) in [5.41, 5.74) is 0. The molecule has 0 aliphatic heterocycles. The van der Waals surface area contributed by atoms with Crippen LogP contribution in [0.5, 0.6) is 0 Å². The van der Waals surface area contributed by atoms with E-state index < -0.39 is 9.84 Å². The molecule has 0 rings (SSSR count). The van der Waals surface area contributed by atoms with E-state index in [4.69, 9.17) is 0 Å². The van der Waals surface area contributed by atoms with Crippen LogP contribution in [0.1, 0.15) is 13.8 Å². The van der Waals surface area contributed by atoms with Crippen LogP contribution in [0.2, 0.25) is 0 Å². The highest BCUT2D eigenvalue weighted by Gasteiger charge is 1.94.